The molecule has 0 aromatic heterocycles. The van der Waals surface area contributed by atoms with E-state index in [2.05, 4.69) is 5.32 Å². The van der Waals surface area contributed by atoms with E-state index >= 15 is 0 Å². The van der Waals surface area contributed by atoms with Crippen molar-refractivity contribution >= 4 is 41.1 Å². The van der Waals surface area contributed by atoms with Gasteiger partial charge in [0.2, 0.25) is 5.91 Å². The third-order valence-electron chi connectivity index (χ3n) is 4.32. The Morgan fingerprint density at radius 2 is 1.82 bits per heavy atom. The van der Waals surface area contributed by atoms with Crippen LogP contribution in [0, 0.1) is 0 Å². The van der Waals surface area contributed by atoms with Crippen LogP contribution in [0.25, 0.3) is 6.08 Å². The molecular formula is C21H19ClN2O4. The maximum atomic E-state index is 12.3. The van der Waals surface area contributed by atoms with Crippen molar-refractivity contribution in [3.05, 3.63) is 70.9 Å². The lowest BCUT2D eigenvalue weighted by atomic mass is 9.94. The van der Waals surface area contributed by atoms with Crippen molar-refractivity contribution in [2.24, 2.45) is 0 Å². The van der Waals surface area contributed by atoms with Gasteiger partial charge in [0.25, 0.3) is 5.91 Å². The Balaban J connectivity index is 1.60. The van der Waals surface area contributed by atoms with Crippen LogP contribution >= 0.6 is 11.6 Å². The molecular weight excluding hydrogens is 380 g/mol. The summed E-state index contributed by atoms with van der Waals surface area (Å²) in [6, 6.07) is 13.7. The zero-order chi connectivity index (χ0) is 20.1. The molecule has 1 aliphatic heterocycles. The molecule has 1 atom stereocenters. The minimum absolute atomic E-state index is 0.0465. The molecule has 2 amide bonds. The highest BCUT2D eigenvalue weighted by Crippen LogP contribution is 2.33. The molecule has 0 saturated heterocycles. The van der Waals surface area contributed by atoms with E-state index in [0.29, 0.717) is 10.7 Å². The number of anilines is 1. The number of benzene rings is 2. The first-order valence-corrected chi connectivity index (χ1v) is 9.09. The number of fused-ring (bicyclic) bond motifs is 1. The molecule has 3 rings (SSSR count). The molecule has 6 nitrogen and oxygen atoms in total. The summed E-state index contributed by atoms with van der Waals surface area (Å²) in [4.78, 5) is 37.7. The fourth-order valence-corrected chi connectivity index (χ4v) is 3.13. The summed E-state index contributed by atoms with van der Waals surface area (Å²) in [5.41, 5.74) is 2.36. The van der Waals surface area contributed by atoms with Crippen molar-refractivity contribution < 1.29 is 19.1 Å². The normalized spacial score (nSPS) is 14.9. The van der Waals surface area contributed by atoms with E-state index in [1.807, 2.05) is 30.3 Å². The molecule has 2 aromatic carbocycles. The standard InChI is InChI=1S/C21H19ClN2O4/c1-14(25)24-11-10-15-4-2-3-5-18(15)19(24)12-21(27)28-13-20(26)23-17-8-6-16(22)7-9-17/h2-11,19H,12-13H2,1H3,(H,23,26)/t19-/m0/s1. The Morgan fingerprint density at radius 3 is 2.54 bits per heavy atom. The van der Waals surface area contributed by atoms with Gasteiger partial charge in [0, 0.05) is 23.8 Å². The largest absolute Gasteiger partial charge is 0.455 e. The average molecular weight is 399 g/mol. The van der Waals surface area contributed by atoms with Crippen LogP contribution in [0.4, 0.5) is 5.69 Å². The van der Waals surface area contributed by atoms with Gasteiger partial charge in [-0.2, -0.15) is 0 Å². The highest BCUT2D eigenvalue weighted by molar-refractivity contribution is 6.30. The van der Waals surface area contributed by atoms with Crippen molar-refractivity contribution in [3.8, 4) is 0 Å². The third-order valence-corrected chi connectivity index (χ3v) is 4.57. The van der Waals surface area contributed by atoms with Gasteiger partial charge in [-0.1, -0.05) is 35.9 Å². The number of hydrogen-bond donors (Lipinski definition) is 1. The second-order valence-corrected chi connectivity index (χ2v) is 6.74. The van der Waals surface area contributed by atoms with Gasteiger partial charge in [-0.3, -0.25) is 14.4 Å². The van der Waals surface area contributed by atoms with Gasteiger partial charge in [-0.05, 0) is 41.5 Å². The van der Waals surface area contributed by atoms with Crippen molar-refractivity contribution in [2.45, 2.75) is 19.4 Å². The molecule has 1 N–H and O–H groups in total. The van der Waals surface area contributed by atoms with Crippen molar-refractivity contribution in [1.82, 2.24) is 4.90 Å². The van der Waals surface area contributed by atoms with E-state index in [-0.39, 0.29) is 12.3 Å². The molecule has 1 aliphatic rings. The highest BCUT2D eigenvalue weighted by Gasteiger charge is 2.28. The molecule has 1 heterocycles. The Labute approximate surface area is 167 Å². The number of carbonyl (C=O) groups is 3. The zero-order valence-corrected chi connectivity index (χ0v) is 16.0. The number of ether oxygens (including phenoxy) is 1. The van der Waals surface area contributed by atoms with Gasteiger partial charge in [-0.25, -0.2) is 0 Å². The monoisotopic (exact) mass is 398 g/mol. The lowest BCUT2D eigenvalue weighted by molar-refractivity contribution is -0.149. The van der Waals surface area contributed by atoms with Crippen LogP contribution in [0.15, 0.2) is 54.7 Å². The second kappa shape index (κ2) is 8.71. The summed E-state index contributed by atoms with van der Waals surface area (Å²) < 4.78 is 5.11. The second-order valence-electron chi connectivity index (χ2n) is 6.31. The summed E-state index contributed by atoms with van der Waals surface area (Å²) in [7, 11) is 0. The van der Waals surface area contributed by atoms with E-state index in [0.717, 1.165) is 11.1 Å². The summed E-state index contributed by atoms with van der Waals surface area (Å²) in [6.45, 7) is 1.03. The Bertz CT molecular complexity index is 924. The van der Waals surface area contributed by atoms with Gasteiger partial charge < -0.3 is 15.0 Å². The van der Waals surface area contributed by atoms with Crippen LogP contribution < -0.4 is 5.32 Å². The lowest BCUT2D eigenvalue weighted by Crippen LogP contribution is -2.33. The summed E-state index contributed by atoms with van der Waals surface area (Å²) in [6.07, 6.45) is 3.45. The maximum Gasteiger partial charge on any atom is 0.308 e. The predicted molar refractivity (Wildman–Crippen MR) is 106 cm³/mol. The first kappa shape index (κ1) is 19.6. The smallest absolute Gasteiger partial charge is 0.308 e. The number of amides is 2. The number of hydrogen-bond acceptors (Lipinski definition) is 4. The third kappa shape index (κ3) is 4.78. The predicted octanol–water partition coefficient (Wildman–Crippen LogP) is 3.79. The fourth-order valence-electron chi connectivity index (χ4n) is 3.01. The molecule has 144 valence electrons. The Hall–Kier alpha value is -3.12. The topological polar surface area (TPSA) is 75.7 Å². The number of esters is 1. The minimum atomic E-state index is -0.562. The average Bonchev–Trinajstić information content (AvgIpc) is 2.68. The van der Waals surface area contributed by atoms with Crippen LogP contribution in [0.5, 0.6) is 0 Å². The minimum Gasteiger partial charge on any atom is -0.455 e. The van der Waals surface area contributed by atoms with Crippen molar-refractivity contribution in [3.63, 3.8) is 0 Å². The van der Waals surface area contributed by atoms with E-state index < -0.39 is 24.5 Å². The number of halogens is 1. The SMILES string of the molecule is CC(=O)N1C=Cc2ccccc2[C@@H]1CC(=O)OCC(=O)Nc1ccc(Cl)cc1. The molecule has 7 heteroatoms. The van der Waals surface area contributed by atoms with Crippen LogP contribution in [-0.2, 0) is 19.1 Å². The fraction of sp³-hybridized carbons (Fsp3) is 0.190. The zero-order valence-electron chi connectivity index (χ0n) is 15.2. The van der Waals surface area contributed by atoms with E-state index in [9.17, 15) is 14.4 Å². The first-order valence-electron chi connectivity index (χ1n) is 8.71. The maximum absolute atomic E-state index is 12.3. The molecule has 0 unspecified atom stereocenters. The number of nitrogens with zero attached hydrogens (tertiary/aromatic N) is 1. The van der Waals surface area contributed by atoms with Gasteiger partial charge in [0.1, 0.15) is 0 Å². The van der Waals surface area contributed by atoms with Crippen molar-refractivity contribution in [2.75, 3.05) is 11.9 Å². The summed E-state index contributed by atoms with van der Waals surface area (Å²) >= 11 is 5.80. The van der Waals surface area contributed by atoms with Gasteiger partial charge in [0.15, 0.2) is 6.61 Å². The Morgan fingerprint density at radius 1 is 1.11 bits per heavy atom. The Kier molecular flexibility index (Phi) is 6.11. The van der Waals surface area contributed by atoms with E-state index in [1.54, 1.807) is 30.5 Å². The van der Waals surface area contributed by atoms with Gasteiger partial charge >= 0.3 is 5.97 Å². The van der Waals surface area contributed by atoms with Crippen LogP contribution in [0.3, 0.4) is 0 Å². The summed E-state index contributed by atoms with van der Waals surface area (Å²) in [5, 5.41) is 3.18. The van der Waals surface area contributed by atoms with E-state index in [4.69, 9.17) is 16.3 Å². The van der Waals surface area contributed by atoms with Crippen LogP contribution in [0.2, 0.25) is 5.02 Å². The molecule has 0 fully saturated rings. The highest BCUT2D eigenvalue weighted by atomic mass is 35.5. The number of nitrogens with one attached hydrogen (secondary N) is 1. The van der Waals surface area contributed by atoms with Crippen LogP contribution in [-0.4, -0.2) is 29.3 Å². The lowest BCUT2D eigenvalue weighted by Gasteiger charge is -2.32. The van der Waals surface area contributed by atoms with E-state index in [1.165, 1.54) is 11.8 Å². The molecule has 0 bridgehead atoms. The molecule has 0 aliphatic carbocycles. The number of rotatable bonds is 5. The molecule has 0 saturated carbocycles. The summed E-state index contributed by atoms with van der Waals surface area (Å²) in [5.74, 6) is -1.19. The van der Waals surface area contributed by atoms with Gasteiger partial charge in [0.05, 0.1) is 12.5 Å². The number of carbonyl (C=O) groups excluding carboxylic acids is 3. The quantitative estimate of drug-likeness (QED) is 0.777. The first-order chi connectivity index (χ1) is 13.4. The molecule has 28 heavy (non-hydrogen) atoms. The molecule has 0 spiro atoms. The molecule has 0 radical (unpaired) electrons. The van der Waals surface area contributed by atoms with Gasteiger partial charge in [-0.15, -0.1) is 0 Å². The van der Waals surface area contributed by atoms with Crippen molar-refractivity contribution in [1.29, 1.82) is 0 Å². The van der Waals surface area contributed by atoms with Crippen LogP contribution in [0.1, 0.15) is 30.5 Å². The molecule has 2 aromatic rings.